The highest BCUT2D eigenvalue weighted by atomic mass is 32.2. The molecule has 0 unspecified atom stereocenters. The van der Waals surface area contributed by atoms with Gasteiger partial charge in [-0.3, -0.25) is 0 Å². The smallest absolute Gasteiger partial charge is 0.338 e. The number of carboxylic acids is 1. The Kier molecular flexibility index (Phi) is 7.58. The number of amidine groups is 1. The summed E-state index contributed by atoms with van der Waals surface area (Å²) in [5.74, 6) is -0.714. The SMILES string of the molecule is CCOC(=O)C1=C(C)NC(SCc2ccc(C(=O)O)cc2)=N[C@@H]1c1ccc(N(C)C)cc1. The molecular weight excluding hydrogens is 426 g/mol. The third kappa shape index (κ3) is 5.50. The number of benzene rings is 2. The van der Waals surface area contributed by atoms with Crippen LogP contribution >= 0.6 is 11.8 Å². The predicted molar refractivity (Wildman–Crippen MR) is 128 cm³/mol. The highest BCUT2D eigenvalue weighted by Gasteiger charge is 2.30. The molecule has 1 heterocycles. The number of esters is 1. The summed E-state index contributed by atoms with van der Waals surface area (Å²) < 4.78 is 5.29. The second-order valence-electron chi connectivity index (χ2n) is 7.50. The Balaban J connectivity index is 1.85. The molecule has 168 valence electrons. The van der Waals surface area contributed by atoms with Gasteiger partial charge in [0.2, 0.25) is 0 Å². The van der Waals surface area contributed by atoms with Crippen LogP contribution in [-0.2, 0) is 15.3 Å². The van der Waals surface area contributed by atoms with Crippen molar-refractivity contribution < 1.29 is 19.4 Å². The van der Waals surface area contributed by atoms with Gasteiger partial charge in [-0.2, -0.15) is 0 Å². The topological polar surface area (TPSA) is 91.2 Å². The van der Waals surface area contributed by atoms with Gasteiger partial charge in [-0.25, -0.2) is 14.6 Å². The highest BCUT2D eigenvalue weighted by Crippen LogP contribution is 2.34. The monoisotopic (exact) mass is 453 g/mol. The van der Waals surface area contributed by atoms with Crippen LogP contribution in [0.2, 0.25) is 0 Å². The molecule has 0 fully saturated rings. The van der Waals surface area contributed by atoms with Gasteiger partial charge >= 0.3 is 11.9 Å². The van der Waals surface area contributed by atoms with Crippen molar-refractivity contribution >= 4 is 34.6 Å². The first-order valence-corrected chi connectivity index (χ1v) is 11.2. The molecule has 32 heavy (non-hydrogen) atoms. The van der Waals surface area contributed by atoms with Crippen molar-refractivity contribution in [3.8, 4) is 0 Å². The molecule has 3 rings (SSSR count). The van der Waals surface area contributed by atoms with E-state index in [0.29, 0.717) is 28.8 Å². The molecule has 2 aromatic carbocycles. The number of carbonyl (C=O) groups excluding carboxylic acids is 1. The van der Waals surface area contributed by atoms with E-state index in [-0.39, 0.29) is 11.5 Å². The van der Waals surface area contributed by atoms with Crippen LogP contribution in [0, 0.1) is 0 Å². The summed E-state index contributed by atoms with van der Waals surface area (Å²) in [6.07, 6.45) is 0. The molecule has 1 aliphatic heterocycles. The summed E-state index contributed by atoms with van der Waals surface area (Å²) in [6, 6.07) is 14.3. The van der Waals surface area contributed by atoms with E-state index >= 15 is 0 Å². The zero-order valence-electron chi connectivity index (χ0n) is 18.6. The lowest BCUT2D eigenvalue weighted by molar-refractivity contribution is -0.138. The number of anilines is 1. The van der Waals surface area contributed by atoms with Crippen molar-refractivity contribution in [1.29, 1.82) is 0 Å². The lowest BCUT2D eigenvalue weighted by atomic mass is 9.96. The molecule has 2 N–H and O–H groups in total. The molecule has 0 spiro atoms. The molecule has 8 heteroatoms. The molecule has 0 bridgehead atoms. The van der Waals surface area contributed by atoms with Crippen LogP contribution < -0.4 is 10.2 Å². The van der Waals surface area contributed by atoms with E-state index in [1.807, 2.05) is 50.2 Å². The van der Waals surface area contributed by atoms with Gasteiger partial charge in [-0.05, 0) is 49.2 Å². The third-order valence-corrected chi connectivity index (χ3v) is 5.97. The number of rotatable bonds is 7. The van der Waals surface area contributed by atoms with Crippen molar-refractivity contribution in [3.05, 3.63) is 76.5 Å². The standard InChI is InChI=1S/C24H27N3O4S/c1-5-31-23(30)20-15(2)25-24(32-14-16-6-8-18(9-7-16)22(28)29)26-21(20)17-10-12-19(13-11-17)27(3)4/h6-13,21H,5,14H2,1-4H3,(H,25,26)(H,28,29)/t21-/m1/s1. The molecule has 1 aliphatic rings. The van der Waals surface area contributed by atoms with Gasteiger partial charge in [-0.1, -0.05) is 36.0 Å². The molecule has 0 saturated carbocycles. The first-order chi connectivity index (χ1) is 15.3. The summed E-state index contributed by atoms with van der Waals surface area (Å²) in [6.45, 7) is 3.93. The fraction of sp³-hybridized carbons (Fsp3) is 0.292. The fourth-order valence-corrected chi connectivity index (χ4v) is 4.19. The predicted octanol–water partition coefficient (Wildman–Crippen LogP) is 4.22. The molecule has 0 aliphatic carbocycles. The molecular formula is C24H27N3O4S. The van der Waals surface area contributed by atoms with E-state index in [9.17, 15) is 9.59 Å². The van der Waals surface area contributed by atoms with Crippen LogP contribution in [0.1, 0.15) is 41.4 Å². The van der Waals surface area contributed by atoms with Crippen LogP contribution in [-0.4, -0.2) is 42.9 Å². The number of carbonyl (C=O) groups is 2. The molecule has 0 aromatic heterocycles. The lowest BCUT2D eigenvalue weighted by Gasteiger charge is -2.26. The number of carboxylic acid groups (broad SMARTS) is 1. The van der Waals surface area contributed by atoms with Crippen molar-refractivity contribution in [2.45, 2.75) is 25.6 Å². The van der Waals surface area contributed by atoms with Crippen molar-refractivity contribution in [3.63, 3.8) is 0 Å². The van der Waals surface area contributed by atoms with Crippen molar-refractivity contribution in [1.82, 2.24) is 5.32 Å². The number of nitrogens with zero attached hydrogens (tertiary/aromatic N) is 2. The van der Waals surface area contributed by atoms with Gasteiger partial charge in [0.15, 0.2) is 5.17 Å². The number of hydrogen-bond donors (Lipinski definition) is 2. The minimum absolute atomic E-state index is 0.256. The van der Waals surface area contributed by atoms with E-state index in [4.69, 9.17) is 14.8 Å². The Morgan fingerprint density at radius 3 is 2.34 bits per heavy atom. The third-order valence-electron chi connectivity index (χ3n) is 5.02. The van der Waals surface area contributed by atoms with Crippen molar-refractivity contribution in [2.75, 3.05) is 25.6 Å². The Morgan fingerprint density at radius 2 is 1.78 bits per heavy atom. The Morgan fingerprint density at radius 1 is 1.12 bits per heavy atom. The number of nitrogens with one attached hydrogen (secondary N) is 1. The van der Waals surface area contributed by atoms with Crippen LogP contribution in [0.5, 0.6) is 0 Å². The average Bonchev–Trinajstić information content (AvgIpc) is 2.77. The zero-order chi connectivity index (χ0) is 23.3. The maximum Gasteiger partial charge on any atom is 0.338 e. The molecule has 0 amide bonds. The van der Waals surface area contributed by atoms with Gasteiger partial charge in [0.1, 0.15) is 6.04 Å². The average molecular weight is 454 g/mol. The fourth-order valence-electron chi connectivity index (χ4n) is 3.29. The van der Waals surface area contributed by atoms with E-state index < -0.39 is 12.0 Å². The normalized spacial score (nSPS) is 15.6. The number of hydrogen-bond acceptors (Lipinski definition) is 7. The van der Waals surface area contributed by atoms with E-state index in [1.165, 1.54) is 11.8 Å². The minimum atomic E-state index is -0.946. The van der Waals surface area contributed by atoms with Gasteiger partial charge in [0.05, 0.1) is 17.7 Å². The van der Waals surface area contributed by atoms with Gasteiger partial charge in [-0.15, -0.1) is 0 Å². The zero-order valence-corrected chi connectivity index (χ0v) is 19.4. The maximum atomic E-state index is 12.7. The number of allylic oxidation sites excluding steroid dienone is 1. The largest absolute Gasteiger partial charge is 0.478 e. The van der Waals surface area contributed by atoms with Gasteiger partial charge in [0.25, 0.3) is 0 Å². The molecule has 7 nitrogen and oxygen atoms in total. The summed E-state index contributed by atoms with van der Waals surface area (Å²) in [4.78, 5) is 30.6. The molecule has 0 radical (unpaired) electrons. The van der Waals surface area contributed by atoms with E-state index in [2.05, 4.69) is 5.32 Å². The number of thioether (sulfide) groups is 1. The van der Waals surface area contributed by atoms with Crippen molar-refractivity contribution in [2.24, 2.45) is 4.99 Å². The van der Waals surface area contributed by atoms with E-state index in [1.54, 1.807) is 31.2 Å². The summed E-state index contributed by atoms with van der Waals surface area (Å²) in [5, 5.41) is 13.0. The summed E-state index contributed by atoms with van der Waals surface area (Å²) in [5.41, 5.74) is 4.41. The number of aromatic carboxylic acids is 1. The molecule has 2 aromatic rings. The first-order valence-electron chi connectivity index (χ1n) is 10.2. The highest BCUT2D eigenvalue weighted by molar-refractivity contribution is 8.13. The van der Waals surface area contributed by atoms with Crippen LogP contribution in [0.4, 0.5) is 5.69 Å². The quantitative estimate of drug-likeness (QED) is 0.607. The van der Waals surface area contributed by atoms with Gasteiger partial charge in [0, 0.05) is 31.2 Å². The lowest BCUT2D eigenvalue weighted by Crippen LogP contribution is -2.30. The van der Waals surface area contributed by atoms with Crippen LogP contribution in [0.3, 0.4) is 0 Å². The van der Waals surface area contributed by atoms with Crippen LogP contribution in [0.15, 0.2) is 64.8 Å². The van der Waals surface area contributed by atoms with E-state index in [0.717, 1.165) is 16.8 Å². The molecule has 0 saturated heterocycles. The number of aliphatic imine (C=N–C) groups is 1. The molecule has 1 atom stereocenters. The minimum Gasteiger partial charge on any atom is -0.478 e. The van der Waals surface area contributed by atoms with Crippen LogP contribution in [0.25, 0.3) is 0 Å². The Labute approximate surface area is 192 Å². The Bertz CT molecular complexity index is 1040. The first kappa shape index (κ1) is 23.4. The summed E-state index contributed by atoms with van der Waals surface area (Å²) in [7, 11) is 3.95. The van der Waals surface area contributed by atoms with Gasteiger partial charge < -0.3 is 20.1 Å². The summed E-state index contributed by atoms with van der Waals surface area (Å²) >= 11 is 1.50. The Hall–Kier alpha value is -3.26. The second-order valence-corrected chi connectivity index (χ2v) is 8.46. The maximum absolute atomic E-state index is 12.7. The number of ether oxygens (including phenoxy) is 1. The second kappa shape index (κ2) is 10.4.